The molecule has 4 fully saturated rings. The third-order valence-corrected chi connectivity index (χ3v) is 4.88. The van der Waals surface area contributed by atoms with Crippen LogP contribution in [0.5, 0.6) is 0 Å². The lowest BCUT2D eigenvalue weighted by molar-refractivity contribution is -0.201. The van der Waals surface area contributed by atoms with E-state index in [4.69, 9.17) is 14.2 Å². The van der Waals surface area contributed by atoms with Gasteiger partial charge in [0.1, 0.15) is 11.7 Å². The summed E-state index contributed by atoms with van der Waals surface area (Å²) in [5, 5.41) is 0. The number of likely N-dealkylation sites (tertiary alicyclic amines) is 1. The molecule has 4 nitrogen and oxygen atoms in total. The maximum Gasteiger partial charge on any atom is 0.138 e. The number of nitrogens with zero attached hydrogens (tertiary/aromatic N) is 1. The van der Waals surface area contributed by atoms with Crippen LogP contribution in [0.25, 0.3) is 0 Å². The van der Waals surface area contributed by atoms with E-state index in [9.17, 15) is 0 Å². The Labute approximate surface area is 102 Å². The number of ether oxygens (including phenoxy) is 3. The molecule has 17 heavy (non-hydrogen) atoms. The molecule has 96 valence electrons. The summed E-state index contributed by atoms with van der Waals surface area (Å²) in [7, 11) is 0. The first-order valence-electron chi connectivity index (χ1n) is 7.02. The van der Waals surface area contributed by atoms with E-state index in [0.29, 0.717) is 12.1 Å². The quantitative estimate of drug-likeness (QED) is 0.682. The third-order valence-electron chi connectivity index (χ3n) is 4.88. The van der Waals surface area contributed by atoms with Gasteiger partial charge in [-0.1, -0.05) is 0 Å². The zero-order valence-corrected chi connectivity index (χ0v) is 10.3. The summed E-state index contributed by atoms with van der Waals surface area (Å²) in [4.78, 5) is 2.62. The SMILES string of the molecule is C1CCN(C2CCOC2(C2CCO2)C2CO2)C1. The van der Waals surface area contributed by atoms with Crippen molar-refractivity contribution in [3.63, 3.8) is 0 Å². The highest BCUT2D eigenvalue weighted by Gasteiger charge is 2.63. The summed E-state index contributed by atoms with van der Waals surface area (Å²) in [6.07, 6.45) is 5.54. The van der Waals surface area contributed by atoms with Gasteiger partial charge in [-0.3, -0.25) is 4.90 Å². The average Bonchev–Trinajstić information content (AvgIpc) is 2.83. The van der Waals surface area contributed by atoms with Crippen LogP contribution in [0.4, 0.5) is 0 Å². The fourth-order valence-corrected chi connectivity index (χ4v) is 3.91. The molecular weight excluding hydrogens is 218 g/mol. The fourth-order valence-electron chi connectivity index (χ4n) is 3.91. The van der Waals surface area contributed by atoms with Crippen LogP contribution in [0.1, 0.15) is 25.7 Å². The number of hydrogen-bond donors (Lipinski definition) is 0. The number of rotatable bonds is 3. The molecule has 0 aromatic heterocycles. The minimum atomic E-state index is -0.136. The molecule has 4 rings (SSSR count). The second-order valence-electron chi connectivity index (χ2n) is 5.72. The fraction of sp³-hybridized carbons (Fsp3) is 1.00. The van der Waals surface area contributed by atoms with Gasteiger partial charge >= 0.3 is 0 Å². The Hall–Kier alpha value is -0.160. The monoisotopic (exact) mass is 239 g/mol. The Kier molecular flexibility index (Phi) is 2.47. The Morgan fingerprint density at radius 3 is 2.29 bits per heavy atom. The van der Waals surface area contributed by atoms with E-state index in [1.807, 2.05) is 0 Å². The lowest BCUT2D eigenvalue weighted by Gasteiger charge is -2.46. The van der Waals surface area contributed by atoms with Gasteiger partial charge in [0.2, 0.25) is 0 Å². The van der Waals surface area contributed by atoms with Crippen molar-refractivity contribution in [2.24, 2.45) is 0 Å². The Bertz CT molecular complexity index is 297. The number of epoxide rings is 1. The molecule has 0 bridgehead atoms. The van der Waals surface area contributed by atoms with Crippen LogP contribution in [0.3, 0.4) is 0 Å². The lowest BCUT2D eigenvalue weighted by Crippen LogP contribution is -2.63. The minimum absolute atomic E-state index is 0.136. The van der Waals surface area contributed by atoms with Gasteiger partial charge in [0, 0.05) is 19.3 Å². The topological polar surface area (TPSA) is 34.2 Å². The van der Waals surface area contributed by atoms with Crippen LogP contribution >= 0.6 is 0 Å². The van der Waals surface area contributed by atoms with Gasteiger partial charge in [0.15, 0.2) is 0 Å². The zero-order chi connectivity index (χ0) is 11.3. The summed E-state index contributed by atoms with van der Waals surface area (Å²) in [6.45, 7) is 5.10. The highest BCUT2D eigenvalue weighted by atomic mass is 16.6. The molecule has 4 heteroatoms. The van der Waals surface area contributed by atoms with Crippen molar-refractivity contribution in [1.29, 1.82) is 0 Å². The van der Waals surface area contributed by atoms with Gasteiger partial charge in [-0.05, 0) is 38.8 Å². The van der Waals surface area contributed by atoms with Crippen LogP contribution in [0, 0.1) is 0 Å². The second kappa shape index (κ2) is 3.92. The zero-order valence-electron chi connectivity index (χ0n) is 10.3. The van der Waals surface area contributed by atoms with Crippen LogP contribution in [-0.2, 0) is 14.2 Å². The minimum Gasteiger partial charge on any atom is -0.375 e. The van der Waals surface area contributed by atoms with Crippen molar-refractivity contribution in [2.75, 3.05) is 32.9 Å². The van der Waals surface area contributed by atoms with E-state index < -0.39 is 0 Å². The second-order valence-corrected chi connectivity index (χ2v) is 5.72. The molecule has 0 N–H and O–H groups in total. The van der Waals surface area contributed by atoms with E-state index in [1.54, 1.807) is 0 Å². The molecule has 0 aromatic carbocycles. The van der Waals surface area contributed by atoms with E-state index in [2.05, 4.69) is 4.90 Å². The number of hydrogen-bond acceptors (Lipinski definition) is 4. The largest absolute Gasteiger partial charge is 0.375 e. The Morgan fingerprint density at radius 1 is 0.941 bits per heavy atom. The molecule has 4 unspecified atom stereocenters. The van der Waals surface area contributed by atoms with E-state index in [0.717, 1.165) is 32.7 Å². The molecular formula is C13H21NO3. The van der Waals surface area contributed by atoms with Crippen LogP contribution in [0.2, 0.25) is 0 Å². The Morgan fingerprint density at radius 2 is 1.71 bits per heavy atom. The van der Waals surface area contributed by atoms with Crippen molar-refractivity contribution < 1.29 is 14.2 Å². The van der Waals surface area contributed by atoms with Crippen molar-refractivity contribution in [3.8, 4) is 0 Å². The van der Waals surface area contributed by atoms with Gasteiger partial charge in [0.05, 0.1) is 12.7 Å². The predicted molar refractivity (Wildman–Crippen MR) is 62.0 cm³/mol. The Balaban J connectivity index is 1.62. The molecule has 4 aliphatic rings. The summed E-state index contributed by atoms with van der Waals surface area (Å²) in [5.74, 6) is 0. The van der Waals surface area contributed by atoms with Crippen molar-refractivity contribution >= 4 is 0 Å². The molecule has 0 saturated carbocycles. The standard InChI is InChI=1S/C13H21NO3/c1-2-6-14(5-1)10-3-8-17-13(10,12-9-16-12)11-4-7-15-11/h10-12H,1-9H2. The van der Waals surface area contributed by atoms with Crippen LogP contribution < -0.4 is 0 Å². The molecule has 0 aromatic rings. The van der Waals surface area contributed by atoms with Gasteiger partial charge in [-0.15, -0.1) is 0 Å². The molecule has 0 amide bonds. The van der Waals surface area contributed by atoms with Gasteiger partial charge < -0.3 is 14.2 Å². The van der Waals surface area contributed by atoms with Crippen LogP contribution in [0.15, 0.2) is 0 Å². The summed E-state index contributed by atoms with van der Waals surface area (Å²) in [6, 6.07) is 0.530. The van der Waals surface area contributed by atoms with Crippen molar-refractivity contribution in [1.82, 2.24) is 4.90 Å². The van der Waals surface area contributed by atoms with E-state index >= 15 is 0 Å². The lowest BCUT2D eigenvalue weighted by atomic mass is 9.81. The highest BCUT2D eigenvalue weighted by molar-refractivity contribution is 5.14. The maximum absolute atomic E-state index is 6.20. The smallest absolute Gasteiger partial charge is 0.138 e. The summed E-state index contributed by atoms with van der Waals surface area (Å²) in [5.41, 5.74) is -0.136. The first kappa shape index (κ1) is 10.7. The van der Waals surface area contributed by atoms with Crippen LogP contribution in [-0.4, -0.2) is 61.7 Å². The van der Waals surface area contributed by atoms with E-state index in [1.165, 1.54) is 25.9 Å². The van der Waals surface area contributed by atoms with E-state index in [-0.39, 0.29) is 11.7 Å². The molecule has 4 heterocycles. The molecule has 0 radical (unpaired) electrons. The summed E-state index contributed by atoms with van der Waals surface area (Å²) < 4.78 is 17.6. The molecule has 4 atom stereocenters. The average molecular weight is 239 g/mol. The first-order chi connectivity index (χ1) is 8.41. The molecule has 0 spiro atoms. The molecule has 0 aliphatic carbocycles. The van der Waals surface area contributed by atoms with Gasteiger partial charge in [-0.2, -0.15) is 0 Å². The maximum atomic E-state index is 6.20. The first-order valence-corrected chi connectivity index (χ1v) is 7.02. The van der Waals surface area contributed by atoms with Gasteiger partial charge in [-0.25, -0.2) is 0 Å². The molecule has 4 saturated heterocycles. The van der Waals surface area contributed by atoms with Crippen molar-refractivity contribution in [3.05, 3.63) is 0 Å². The van der Waals surface area contributed by atoms with Gasteiger partial charge in [0.25, 0.3) is 0 Å². The molecule has 4 aliphatic heterocycles. The summed E-state index contributed by atoms with van der Waals surface area (Å²) >= 11 is 0. The predicted octanol–water partition coefficient (Wildman–Crippen LogP) is 0.798. The third kappa shape index (κ3) is 1.51. The van der Waals surface area contributed by atoms with Crippen molar-refractivity contribution in [2.45, 2.75) is 49.5 Å². The normalized spacial score (nSPS) is 50.5. The highest BCUT2D eigenvalue weighted by Crippen LogP contribution is 2.46.